The average Bonchev–Trinajstić information content (AvgIpc) is 2.41. The van der Waals surface area contributed by atoms with Crippen LogP contribution in [0, 0.1) is 5.92 Å². The highest BCUT2D eigenvalue weighted by Crippen LogP contribution is 2.27. The van der Waals surface area contributed by atoms with E-state index in [9.17, 15) is 9.59 Å². The van der Waals surface area contributed by atoms with Gasteiger partial charge in [-0.15, -0.1) is 11.8 Å². The number of nitrogens with one attached hydrogen (secondary N) is 1. The first-order valence-electron chi connectivity index (χ1n) is 6.96. The molecule has 1 aromatic rings. The number of benzene rings is 1. The molecule has 6 heteroatoms. The maximum atomic E-state index is 11.8. The second kappa shape index (κ2) is 7.36. The number of ether oxygens (including phenoxy) is 1. The van der Waals surface area contributed by atoms with E-state index in [4.69, 9.17) is 9.84 Å². The van der Waals surface area contributed by atoms with Crippen molar-refractivity contribution in [1.82, 2.24) is 5.32 Å². The van der Waals surface area contributed by atoms with Gasteiger partial charge in [-0.1, -0.05) is 0 Å². The fourth-order valence-corrected chi connectivity index (χ4v) is 2.86. The second-order valence-electron chi connectivity index (χ2n) is 4.96. The maximum Gasteiger partial charge on any atom is 0.306 e. The van der Waals surface area contributed by atoms with Crippen molar-refractivity contribution in [2.24, 2.45) is 5.92 Å². The van der Waals surface area contributed by atoms with Gasteiger partial charge < -0.3 is 15.2 Å². The van der Waals surface area contributed by atoms with Gasteiger partial charge in [0.05, 0.1) is 18.3 Å². The highest BCUT2D eigenvalue weighted by molar-refractivity contribution is 8.00. The predicted octanol–water partition coefficient (Wildman–Crippen LogP) is 2.16. The summed E-state index contributed by atoms with van der Waals surface area (Å²) >= 11 is 1.46. The van der Waals surface area contributed by atoms with E-state index in [1.54, 1.807) is 0 Å². The second-order valence-corrected chi connectivity index (χ2v) is 6.01. The highest BCUT2D eigenvalue weighted by Gasteiger charge is 2.35. The quantitative estimate of drug-likeness (QED) is 0.755. The molecule has 0 bridgehead atoms. The molecule has 114 valence electrons. The summed E-state index contributed by atoms with van der Waals surface area (Å²) in [4.78, 5) is 23.4. The Hall–Kier alpha value is -1.69. The first-order chi connectivity index (χ1) is 10.1. The molecule has 5 nitrogen and oxygen atoms in total. The zero-order chi connectivity index (χ0) is 15.2. The smallest absolute Gasteiger partial charge is 0.306 e. The number of carbonyl (C=O) groups is 2. The average molecular weight is 309 g/mol. The van der Waals surface area contributed by atoms with Gasteiger partial charge >= 0.3 is 5.97 Å². The number of carboxylic acids is 1. The van der Waals surface area contributed by atoms with Crippen molar-refractivity contribution < 1.29 is 19.4 Å². The lowest BCUT2D eigenvalue weighted by atomic mass is 9.80. The normalized spacial score (nSPS) is 20.4. The van der Waals surface area contributed by atoms with Crippen LogP contribution in [-0.2, 0) is 9.59 Å². The summed E-state index contributed by atoms with van der Waals surface area (Å²) in [5.74, 6) is 0.0314. The summed E-state index contributed by atoms with van der Waals surface area (Å²) in [6.07, 6.45) is 1.07. The Morgan fingerprint density at radius 2 is 2.00 bits per heavy atom. The van der Waals surface area contributed by atoms with Crippen molar-refractivity contribution >= 4 is 23.6 Å². The minimum Gasteiger partial charge on any atom is -0.494 e. The van der Waals surface area contributed by atoms with Crippen molar-refractivity contribution in [3.8, 4) is 5.75 Å². The van der Waals surface area contributed by atoms with Gasteiger partial charge in [0.1, 0.15) is 5.75 Å². The van der Waals surface area contributed by atoms with Crippen LogP contribution in [-0.4, -0.2) is 35.4 Å². The van der Waals surface area contributed by atoms with Crippen molar-refractivity contribution in [2.45, 2.75) is 30.7 Å². The molecule has 1 aromatic carbocycles. The Morgan fingerprint density at radius 3 is 2.57 bits per heavy atom. The minimum atomic E-state index is -0.774. The highest BCUT2D eigenvalue weighted by atomic mass is 32.2. The number of hydrogen-bond donors (Lipinski definition) is 2. The molecule has 1 aliphatic carbocycles. The molecule has 0 aliphatic heterocycles. The molecular weight excluding hydrogens is 290 g/mol. The molecular formula is C15H19NO4S. The zero-order valence-corrected chi connectivity index (χ0v) is 12.7. The van der Waals surface area contributed by atoms with Crippen molar-refractivity contribution in [3.05, 3.63) is 24.3 Å². The van der Waals surface area contributed by atoms with Crippen molar-refractivity contribution in [2.75, 3.05) is 12.4 Å². The van der Waals surface area contributed by atoms with E-state index < -0.39 is 5.97 Å². The molecule has 0 atom stereocenters. The maximum absolute atomic E-state index is 11.8. The third kappa shape index (κ3) is 4.67. The molecule has 0 unspecified atom stereocenters. The van der Waals surface area contributed by atoms with Gasteiger partial charge in [0.15, 0.2) is 0 Å². The van der Waals surface area contributed by atoms with E-state index in [1.165, 1.54) is 11.8 Å². The van der Waals surface area contributed by atoms with Gasteiger partial charge in [-0.3, -0.25) is 9.59 Å². The number of rotatable bonds is 7. The Morgan fingerprint density at radius 1 is 1.33 bits per heavy atom. The number of carboxylic acid groups (broad SMARTS) is 1. The first kappa shape index (κ1) is 15.7. The monoisotopic (exact) mass is 309 g/mol. The first-order valence-corrected chi connectivity index (χ1v) is 7.95. The van der Waals surface area contributed by atoms with Gasteiger partial charge in [0, 0.05) is 10.9 Å². The number of hydrogen-bond acceptors (Lipinski definition) is 4. The van der Waals surface area contributed by atoms with E-state index in [-0.39, 0.29) is 17.9 Å². The lowest BCUT2D eigenvalue weighted by molar-refractivity contribution is -0.146. The van der Waals surface area contributed by atoms with E-state index in [1.807, 2.05) is 31.2 Å². The van der Waals surface area contributed by atoms with Crippen molar-refractivity contribution in [3.63, 3.8) is 0 Å². The standard InChI is InChI=1S/C15H19NO4S/c1-2-20-12-3-5-13(6-4-12)21-9-14(17)16-11-7-10(8-11)15(18)19/h3-6,10-11H,2,7-9H2,1H3,(H,16,17)(H,18,19). The molecule has 1 amide bonds. The molecule has 2 N–H and O–H groups in total. The van der Waals surface area contributed by atoms with Crippen LogP contribution in [0.3, 0.4) is 0 Å². The summed E-state index contributed by atoms with van der Waals surface area (Å²) < 4.78 is 5.35. The summed E-state index contributed by atoms with van der Waals surface area (Å²) in [5, 5.41) is 11.6. The number of thioether (sulfide) groups is 1. The fourth-order valence-electron chi connectivity index (χ4n) is 2.15. The Kier molecular flexibility index (Phi) is 5.50. The molecule has 1 aliphatic rings. The Balaban J connectivity index is 1.68. The van der Waals surface area contributed by atoms with Crippen LogP contribution in [0.1, 0.15) is 19.8 Å². The molecule has 0 heterocycles. The number of aliphatic carboxylic acids is 1. The topological polar surface area (TPSA) is 75.6 Å². The van der Waals surface area contributed by atoms with Crippen LogP contribution in [0.25, 0.3) is 0 Å². The van der Waals surface area contributed by atoms with Crippen LogP contribution in [0.5, 0.6) is 5.75 Å². The summed E-state index contributed by atoms with van der Waals surface area (Å²) in [6.45, 7) is 2.57. The molecule has 1 fully saturated rings. The van der Waals surface area contributed by atoms with Gasteiger partial charge in [0.2, 0.25) is 5.91 Å². The van der Waals surface area contributed by atoms with Crippen LogP contribution in [0.2, 0.25) is 0 Å². The molecule has 0 spiro atoms. The molecule has 1 saturated carbocycles. The third-order valence-corrected chi connectivity index (χ3v) is 4.37. The Labute approximate surface area is 128 Å². The van der Waals surface area contributed by atoms with Gasteiger partial charge in [0.25, 0.3) is 0 Å². The largest absolute Gasteiger partial charge is 0.494 e. The number of amides is 1. The van der Waals surface area contributed by atoms with Gasteiger partial charge in [-0.2, -0.15) is 0 Å². The van der Waals surface area contributed by atoms with Gasteiger partial charge in [-0.05, 0) is 44.0 Å². The summed E-state index contributed by atoms with van der Waals surface area (Å²) in [6, 6.07) is 7.62. The third-order valence-electron chi connectivity index (χ3n) is 3.36. The Bertz CT molecular complexity index is 497. The SMILES string of the molecule is CCOc1ccc(SCC(=O)NC2CC(C(=O)O)C2)cc1. The predicted molar refractivity (Wildman–Crippen MR) is 80.6 cm³/mol. The minimum absolute atomic E-state index is 0.0135. The van der Waals surface area contributed by atoms with Crippen molar-refractivity contribution in [1.29, 1.82) is 0 Å². The van der Waals surface area contributed by atoms with E-state index in [2.05, 4.69) is 5.32 Å². The van der Waals surface area contributed by atoms with Crippen LogP contribution in [0.15, 0.2) is 29.2 Å². The lowest BCUT2D eigenvalue weighted by Gasteiger charge is -2.32. The molecule has 0 aromatic heterocycles. The molecule has 2 rings (SSSR count). The summed E-state index contributed by atoms with van der Waals surface area (Å²) in [5.41, 5.74) is 0. The lowest BCUT2D eigenvalue weighted by Crippen LogP contribution is -2.47. The van der Waals surface area contributed by atoms with Crippen LogP contribution >= 0.6 is 11.8 Å². The zero-order valence-electron chi connectivity index (χ0n) is 11.9. The number of carbonyl (C=O) groups excluding carboxylic acids is 1. The van der Waals surface area contributed by atoms with Crippen LogP contribution < -0.4 is 10.1 Å². The molecule has 0 saturated heterocycles. The molecule has 0 radical (unpaired) electrons. The molecule has 21 heavy (non-hydrogen) atoms. The fraction of sp³-hybridized carbons (Fsp3) is 0.467. The summed E-state index contributed by atoms with van der Waals surface area (Å²) in [7, 11) is 0. The van der Waals surface area contributed by atoms with E-state index in [0.29, 0.717) is 25.2 Å². The van der Waals surface area contributed by atoms with E-state index >= 15 is 0 Å². The van der Waals surface area contributed by atoms with Crippen LogP contribution in [0.4, 0.5) is 0 Å². The van der Waals surface area contributed by atoms with Gasteiger partial charge in [-0.25, -0.2) is 0 Å². The van der Waals surface area contributed by atoms with E-state index in [0.717, 1.165) is 10.6 Å².